The Kier molecular flexibility index (Phi) is 13.4. The molecule has 1 saturated carbocycles. The van der Waals surface area contributed by atoms with Crippen LogP contribution in [0, 0.1) is 11.8 Å². The summed E-state index contributed by atoms with van der Waals surface area (Å²) in [6.07, 6.45) is 12.5. The van der Waals surface area contributed by atoms with Gasteiger partial charge >= 0.3 is 5.97 Å². The van der Waals surface area contributed by atoms with E-state index in [0.29, 0.717) is 19.4 Å². The number of esters is 1. The highest BCUT2D eigenvalue weighted by molar-refractivity contribution is 5.84. The standard InChI is InChI=1S/C22H40O5/c1-2-27-22(26)15-11-7-6-10-14-19-18(20(24)17-21(19)25)13-9-5-3-4-8-12-16-23/h18-20,23-24H,2-17H2,1H3/t18-,19-,20-/m1/s1. The van der Waals surface area contributed by atoms with Crippen LogP contribution in [0.15, 0.2) is 0 Å². The summed E-state index contributed by atoms with van der Waals surface area (Å²) in [4.78, 5) is 23.5. The van der Waals surface area contributed by atoms with Crippen LogP contribution < -0.4 is 0 Å². The van der Waals surface area contributed by atoms with Crippen LogP contribution in [0.2, 0.25) is 0 Å². The zero-order chi connectivity index (χ0) is 19.9. The van der Waals surface area contributed by atoms with Crippen molar-refractivity contribution in [2.75, 3.05) is 13.2 Å². The first kappa shape index (κ1) is 24.1. The third-order valence-corrected chi connectivity index (χ3v) is 5.73. The fraction of sp³-hybridized carbons (Fsp3) is 0.909. The van der Waals surface area contributed by atoms with Gasteiger partial charge in [0.1, 0.15) is 5.78 Å². The van der Waals surface area contributed by atoms with Gasteiger partial charge in [-0.3, -0.25) is 9.59 Å². The first-order valence-electron chi connectivity index (χ1n) is 11.1. The van der Waals surface area contributed by atoms with Gasteiger partial charge in [-0.1, -0.05) is 51.4 Å². The SMILES string of the molecule is CCOC(=O)CCCCCC[C@H]1C(=O)C[C@@H](O)[C@@H]1CCCCCCCCO. The van der Waals surface area contributed by atoms with Gasteiger partial charge in [-0.15, -0.1) is 0 Å². The van der Waals surface area contributed by atoms with Crippen LogP contribution in [0.25, 0.3) is 0 Å². The van der Waals surface area contributed by atoms with Crippen LogP contribution in [0.4, 0.5) is 0 Å². The molecule has 0 radical (unpaired) electrons. The van der Waals surface area contributed by atoms with Crippen LogP contribution in [0.5, 0.6) is 0 Å². The number of Topliss-reactive ketones (excluding diaryl/α,β-unsaturated/α-hetero) is 1. The molecule has 0 aromatic carbocycles. The molecule has 5 heteroatoms. The molecule has 0 aromatic rings. The minimum absolute atomic E-state index is 0.0273. The second-order valence-corrected chi connectivity index (χ2v) is 7.90. The highest BCUT2D eigenvalue weighted by atomic mass is 16.5. The molecule has 158 valence electrons. The maximum absolute atomic E-state index is 12.2. The van der Waals surface area contributed by atoms with Crippen LogP contribution in [0.3, 0.4) is 0 Å². The Morgan fingerprint density at radius 2 is 1.56 bits per heavy atom. The van der Waals surface area contributed by atoms with Gasteiger partial charge < -0.3 is 14.9 Å². The molecular formula is C22H40O5. The minimum atomic E-state index is -0.458. The van der Waals surface area contributed by atoms with E-state index in [1.54, 1.807) is 0 Å². The summed E-state index contributed by atoms with van der Waals surface area (Å²) in [6, 6.07) is 0. The number of carbonyl (C=O) groups excluding carboxylic acids is 2. The van der Waals surface area contributed by atoms with Crippen molar-refractivity contribution in [3.8, 4) is 0 Å². The summed E-state index contributed by atoms with van der Waals surface area (Å²) in [7, 11) is 0. The second kappa shape index (κ2) is 15.0. The topological polar surface area (TPSA) is 83.8 Å². The minimum Gasteiger partial charge on any atom is -0.466 e. The van der Waals surface area contributed by atoms with Crippen LogP contribution in [-0.4, -0.2) is 41.3 Å². The highest BCUT2D eigenvalue weighted by Crippen LogP contribution is 2.36. The predicted octanol–water partition coefficient (Wildman–Crippen LogP) is 4.18. The van der Waals surface area contributed by atoms with Crippen LogP contribution in [-0.2, 0) is 14.3 Å². The maximum atomic E-state index is 12.2. The Bertz CT molecular complexity index is 410. The van der Waals surface area contributed by atoms with Gasteiger partial charge in [0.05, 0.1) is 12.7 Å². The molecule has 1 rings (SSSR count). The lowest BCUT2D eigenvalue weighted by atomic mass is 9.85. The van der Waals surface area contributed by atoms with Gasteiger partial charge in [0.2, 0.25) is 0 Å². The molecule has 3 atom stereocenters. The first-order valence-corrected chi connectivity index (χ1v) is 11.1. The highest BCUT2D eigenvalue weighted by Gasteiger charge is 2.40. The lowest BCUT2D eigenvalue weighted by Crippen LogP contribution is -2.20. The van der Waals surface area contributed by atoms with Crippen molar-refractivity contribution < 1.29 is 24.5 Å². The summed E-state index contributed by atoms with van der Waals surface area (Å²) in [5.41, 5.74) is 0. The Morgan fingerprint density at radius 3 is 2.22 bits per heavy atom. The number of ether oxygens (including phenoxy) is 1. The van der Waals surface area contributed by atoms with Gasteiger partial charge in [0, 0.05) is 25.4 Å². The van der Waals surface area contributed by atoms with Crippen molar-refractivity contribution >= 4 is 11.8 Å². The normalized spacial score (nSPS) is 22.3. The lowest BCUT2D eigenvalue weighted by Gasteiger charge is -2.21. The zero-order valence-corrected chi connectivity index (χ0v) is 17.2. The largest absolute Gasteiger partial charge is 0.466 e. The van der Waals surface area contributed by atoms with Crippen molar-refractivity contribution in [2.24, 2.45) is 11.8 Å². The van der Waals surface area contributed by atoms with Gasteiger partial charge in [0.15, 0.2) is 0 Å². The molecule has 5 nitrogen and oxygen atoms in total. The quantitative estimate of drug-likeness (QED) is 0.308. The number of rotatable bonds is 16. The molecule has 0 amide bonds. The molecule has 1 fully saturated rings. The van der Waals surface area contributed by atoms with Crippen molar-refractivity contribution in [3.63, 3.8) is 0 Å². The molecule has 0 unspecified atom stereocenters. The predicted molar refractivity (Wildman–Crippen MR) is 106 cm³/mol. The molecule has 1 aliphatic carbocycles. The van der Waals surface area contributed by atoms with Crippen LogP contribution in [0.1, 0.15) is 96.8 Å². The monoisotopic (exact) mass is 384 g/mol. The molecule has 1 aliphatic rings. The third-order valence-electron chi connectivity index (χ3n) is 5.73. The first-order chi connectivity index (χ1) is 13.1. The average molecular weight is 385 g/mol. The summed E-state index contributed by atoms with van der Waals surface area (Å²) in [6.45, 7) is 2.54. The van der Waals surface area contributed by atoms with Crippen molar-refractivity contribution in [3.05, 3.63) is 0 Å². The Hall–Kier alpha value is -0.940. The number of aliphatic hydroxyl groups excluding tert-OH is 2. The second-order valence-electron chi connectivity index (χ2n) is 7.90. The number of carbonyl (C=O) groups is 2. The summed E-state index contributed by atoms with van der Waals surface area (Å²) >= 11 is 0. The van der Waals surface area contributed by atoms with E-state index >= 15 is 0 Å². The van der Waals surface area contributed by atoms with Crippen molar-refractivity contribution in [2.45, 2.75) is 103 Å². The third kappa shape index (κ3) is 10.2. The molecule has 0 heterocycles. The van der Waals surface area contributed by atoms with E-state index < -0.39 is 6.10 Å². The summed E-state index contributed by atoms with van der Waals surface area (Å²) in [5.74, 6) is 0.277. The summed E-state index contributed by atoms with van der Waals surface area (Å²) < 4.78 is 4.92. The van der Waals surface area contributed by atoms with E-state index in [0.717, 1.165) is 70.6 Å². The lowest BCUT2D eigenvalue weighted by molar-refractivity contribution is -0.143. The number of hydrogen-bond acceptors (Lipinski definition) is 5. The van der Waals surface area contributed by atoms with Crippen molar-refractivity contribution in [1.29, 1.82) is 0 Å². The molecule has 0 spiro atoms. The maximum Gasteiger partial charge on any atom is 0.305 e. The average Bonchev–Trinajstić information content (AvgIpc) is 2.90. The van der Waals surface area contributed by atoms with E-state index in [2.05, 4.69) is 0 Å². The Morgan fingerprint density at radius 1 is 0.963 bits per heavy atom. The zero-order valence-electron chi connectivity index (χ0n) is 17.2. The molecule has 0 bridgehead atoms. The van der Waals surface area contributed by atoms with E-state index in [1.807, 2.05) is 6.92 Å². The number of unbranched alkanes of at least 4 members (excludes halogenated alkanes) is 8. The molecule has 0 saturated heterocycles. The van der Waals surface area contributed by atoms with Gasteiger partial charge in [0.25, 0.3) is 0 Å². The molecular weight excluding hydrogens is 344 g/mol. The fourth-order valence-corrected chi connectivity index (χ4v) is 4.20. The van der Waals surface area contributed by atoms with Crippen molar-refractivity contribution in [1.82, 2.24) is 0 Å². The Balaban J connectivity index is 2.17. The van der Waals surface area contributed by atoms with Gasteiger partial charge in [-0.25, -0.2) is 0 Å². The fourth-order valence-electron chi connectivity index (χ4n) is 4.20. The number of ketones is 1. The van der Waals surface area contributed by atoms with E-state index in [9.17, 15) is 14.7 Å². The van der Waals surface area contributed by atoms with Gasteiger partial charge in [-0.2, -0.15) is 0 Å². The molecule has 2 N–H and O–H groups in total. The van der Waals surface area contributed by atoms with Gasteiger partial charge in [-0.05, 0) is 38.5 Å². The molecule has 0 aromatic heterocycles. The van der Waals surface area contributed by atoms with E-state index in [1.165, 1.54) is 6.42 Å². The Labute approximate surface area is 164 Å². The smallest absolute Gasteiger partial charge is 0.305 e. The number of aliphatic hydroxyl groups is 2. The van der Waals surface area contributed by atoms with E-state index in [-0.39, 0.29) is 30.2 Å². The van der Waals surface area contributed by atoms with E-state index in [4.69, 9.17) is 9.84 Å². The molecule has 0 aliphatic heterocycles. The summed E-state index contributed by atoms with van der Waals surface area (Å²) in [5, 5.41) is 19.0. The number of hydrogen-bond donors (Lipinski definition) is 2. The molecule has 27 heavy (non-hydrogen) atoms. The van der Waals surface area contributed by atoms with Crippen LogP contribution >= 0.6 is 0 Å².